The van der Waals surface area contributed by atoms with Gasteiger partial charge in [-0.05, 0) is 19.1 Å². The summed E-state index contributed by atoms with van der Waals surface area (Å²) in [7, 11) is 0. The number of piperazine rings is 1. The van der Waals surface area contributed by atoms with E-state index in [1.165, 1.54) is 4.90 Å². The number of carbonyl (C=O) groups is 1. The van der Waals surface area contributed by atoms with Crippen molar-refractivity contribution in [2.45, 2.75) is 6.92 Å². The van der Waals surface area contributed by atoms with Crippen LogP contribution >= 0.6 is 0 Å². The number of anilines is 3. The number of nitrogens with one attached hydrogen (secondary N) is 1. The van der Waals surface area contributed by atoms with E-state index in [1.54, 1.807) is 19.2 Å². The van der Waals surface area contributed by atoms with E-state index in [2.05, 4.69) is 20.3 Å². The normalized spacial score (nSPS) is 13.4. The van der Waals surface area contributed by atoms with Gasteiger partial charge in [-0.3, -0.25) is 25.0 Å². The second-order valence-electron chi connectivity index (χ2n) is 7.53. The molecule has 3 aromatic rings. The summed E-state index contributed by atoms with van der Waals surface area (Å²) in [6, 6.07) is 10.2. The molecule has 13 nitrogen and oxygen atoms in total. The van der Waals surface area contributed by atoms with Crippen LogP contribution in [0.2, 0.25) is 0 Å². The Morgan fingerprint density at radius 2 is 1.62 bits per heavy atom. The molecule has 1 amide bonds. The van der Waals surface area contributed by atoms with Gasteiger partial charge in [0.25, 0.3) is 17.3 Å². The van der Waals surface area contributed by atoms with Gasteiger partial charge in [-0.1, -0.05) is 6.07 Å². The number of rotatable bonds is 6. The maximum absolute atomic E-state index is 12.9. The second kappa shape index (κ2) is 9.44. The third kappa shape index (κ3) is 5.03. The number of aromatic nitrogens is 3. The topological polar surface area (TPSA) is 161 Å². The fraction of sp³-hybridized carbons (Fsp3) is 0.238. The molecule has 1 aliphatic rings. The predicted octanol–water partition coefficient (Wildman–Crippen LogP) is 2.70. The van der Waals surface area contributed by atoms with Crippen molar-refractivity contribution in [3.05, 3.63) is 80.3 Å². The predicted molar refractivity (Wildman–Crippen MR) is 122 cm³/mol. The zero-order valence-electron chi connectivity index (χ0n) is 18.1. The van der Waals surface area contributed by atoms with Gasteiger partial charge in [-0.2, -0.15) is 0 Å². The zero-order chi connectivity index (χ0) is 24.2. The van der Waals surface area contributed by atoms with Gasteiger partial charge in [0.05, 0.1) is 21.5 Å². The van der Waals surface area contributed by atoms with Crippen molar-refractivity contribution in [3.8, 4) is 0 Å². The van der Waals surface area contributed by atoms with Crippen molar-refractivity contribution in [1.29, 1.82) is 0 Å². The van der Waals surface area contributed by atoms with Crippen LogP contribution in [0.3, 0.4) is 0 Å². The molecule has 0 atom stereocenters. The highest BCUT2D eigenvalue weighted by Crippen LogP contribution is 2.25. The lowest BCUT2D eigenvalue weighted by molar-refractivity contribution is -0.394. The quantitative estimate of drug-likeness (QED) is 0.424. The lowest BCUT2D eigenvalue weighted by Crippen LogP contribution is -2.49. The first-order chi connectivity index (χ1) is 16.3. The van der Waals surface area contributed by atoms with Crippen molar-refractivity contribution < 1.29 is 14.6 Å². The Hall–Kier alpha value is -4.68. The SMILES string of the molecule is Cc1nc(Nc2ccccn2)cc(N2CCN(C(=O)c3cc([N+](=O)[O-])cc([N+](=O)[O-])c3)CC2)n1. The molecular weight excluding hydrogens is 444 g/mol. The van der Waals surface area contributed by atoms with Crippen LogP contribution < -0.4 is 10.2 Å². The number of amides is 1. The van der Waals surface area contributed by atoms with Crippen LogP contribution in [-0.2, 0) is 0 Å². The highest BCUT2D eigenvalue weighted by molar-refractivity contribution is 5.95. The van der Waals surface area contributed by atoms with Crippen molar-refractivity contribution >= 4 is 34.7 Å². The largest absolute Gasteiger partial charge is 0.353 e. The van der Waals surface area contributed by atoms with Gasteiger partial charge >= 0.3 is 0 Å². The van der Waals surface area contributed by atoms with Crippen LogP contribution in [0, 0.1) is 27.2 Å². The molecule has 0 saturated carbocycles. The van der Waals surface area contributed by atoms with Crippen LogP contribution in [0.1, 0.15) is 16.2 Å². The highest BCUT2D eigenvalue weighted by atomic mass is 16.6. The average molecular weight is 464 g/mol. The van der Waals surface area contributed by atoms with E-state index in [4.69, 9.17) is 0 Å². The Kier molecular flexibility index (Phi) is 6.25. The Morgan fingerprint density at radius 1 is 0.941 bits per heavy atom. The summed E-state index contributed by atoms with van der Waals surface area (Å²) in [5.74, 6) is 1.99. The van der Waals surface area contributed by atoms with E-state index >= 15 is 0 Å². The molecule has 0 bridgehead atoms. The van der Waals surface area contributed by atoms with Gasteiger partial charge in [0.2, 0.25) is 0 Å². The molecule has 1 N–H and O–H groups in total. The first kappa shape index (κ1) is 22.5. The average Bonchev–Trinajstić information content (AvgIpc) is 2.83. The molecule has 1 aliphatic heterocycles. The minimum Gasteiger partial charge on any atom is -0.353 e. The lowest BCUT2D eigenvalue weighted by atomic mass is 10.1. The molecule has 4 rings (SSSR count). The fourth-order valence-electron chi connectivity index (χ4n) is 3.60. The Morgan fingerprint density at radius 3 is 2.21 bits per heavy atom. The number of carbonyl (C=O) groups excluding carboxylic acids is 1. The second-order valence-corrected chi connectivity index (χ2v) is 7.53. The fourth-order valence-corrected chi connectivity index (χ4v) is 3.60. The number of aryl methyl sites for hydroxylation is 1. The summed E-state index contributed by atoms with van der Waals surface area (Å²) in [6.07, 6.45) is 1.67. The number of hydrogen-bond donors (Lipinski definition) is 1. The molecule has 34 heavy (non-hydrogen) atoms. The number of hydrogen-bond acceptors (Lipinski definition) is 10. The molecule has 3 heterocycles. The van der Waals surface area contributed by atoms with Crippen molar-refractivity contribution in [2.75, 3.05) is 36.4 Å². The van der Waals surface area contributed by atoms with Crippen LogP contribution in [0.15, 0.2) is 48.7 Å². The first-order valence-electron chi connectivity index (χ1n) is 10.3. The molecule has 174 valence electrons. The third-order valence-corrected chi connectivity index (χ3v) is 5.21. The minimum atomic E-state index is -0.754. The van der Waals surface area contributed by atoms with E-state index in [1.807, 2.05) is 23.1 Å². The van der Waals surface area contributed by atoms with E-state index in [9.17, 15) is 25.0 Å². The van der Waals surface area contributed by atoms with Crippen molar-refractivity contribution in [2.24, 2.45) is 0 Å². The van der Waals surface area contributed by atoms with E-state index in [0.717, 1.165) is 18.2 Å². The van der Waals surface area contributed by atoms with Gasteiger partial charge in [0.1, 0.15) is 23.3 Å². The van der Waals surface area contributed by atoms with Gasteiger partial charge in [0.15, 0.2) is 0 Å². The molecule has 1 aromatic carbocycles. The molecule has 2 aromatic heterocycles. The van der Waals surface area contributed by atoms with E-state index < -0.39 is 27.1 Å². The Labute approximate surface area is 193 Å². The van der Waals surface area contributed by atoms with E-state index in [0.29, 0.717) is 49.5 Å². The maximum Gasteiger partial charge on any atom is 0.277 e. The summed E-state index contributed by atoms with van der Waals surface area (Å²) in [4.78, 5) is 50.3. The summed E-state index contributed by atoms with van der Waals surface area (Å²) in [5, 5.41) is 25.4. The zero-order valence-corrected chi connectivity index (χ0v) is 18.1. The Bertz CT molecular complexity index is 1210. The van der Waals surface area contributed by atoms with Gasteiger partial charge < -0.3 is 15.1 Å². The van der Waals surface area contributed by atoms with Crippen molar-refractivity contribution in [1.82, 2.24) is 19.9 Å². The molecular formula is C21H20N8O5. The molecule has 0 radical (unpaired) electrons. The van der Waals surface area contributed by atoms with Gasteiger partial charge in [0, 0.05) is 50.6 Å². The van der Waals surface area contributed by atoms with Crippen LogP contribution in [0.25, 0.3) is 0 Å². The maximum atomic E-state index is 12.9. The smallest absolute Gasteiger partial charge is 0.277 e. The molecule has 0 spiro atoms. The third-order valence-electron chi connectivity index (χ3n) is 5.21. The van der Waals surface area contributed by atoms with Crippen LogP contribution in [0.4, 0.5) is 28.8 Å². The first-order valence-corrected chi connectivity index (χ1v) is 10.3. The molecule has 0 unspecified atom stereocenters. The number of nitro groups is 2. The summed E-state index contributed by atoms with van der Waals surface area (Å²) < 4.78 is 0. The summed E-state index contributed by atoms with van der Waals surface area (Å²) >= 11 is 0. The number of benzene rings is 1. The molecule has 0 aliphatic carbocycles. The van der Waals surface area contributed by atoms with Crippen molar-refractivity contribution in [3.63, 3.8) is 0 Å². The highest BCUT2D eigenvalue weighted by Gasteiger charge is 2.26. The van der Waals surface area contributed by atoms with E-state index in [-0.39, 0.29) is 5.56 Å². The van der Waals surface area contributed by atoms with Crippen LogP contribution in [0.5, 0.6) is 0 Å². The number of nitro benzene ring substituents is 2. The molecule has 13 heteroatoms. The van der Waals surface area contributed by atoms with Gasteiger partial charge in [-0.15, -0.1) is 0 Å². The molecule has 1 fully saturated rings. The minimum absolute atomic E-state index is 0.0888. The molecule has 1 saturated heterocycles. The summed E-state index contributed by atoms with van der Waals surface area (Å²) in [6.45, 7) is 3.34. The monoisotopic (exact) mass is 464 g/mol. The number of nitrogens with zero attached hydrogens (tertiary/aromatic N) is 7. The van der Waals surface area contributed by atoms with Gasteiger partial charge in [-0.25, -0.2) is 15.0 Å². The number of non-ortho nitro benzene ring substituents is 2. The Balaban J connectivity index is 1.47. The lowest BCUT2D eigenvalue weighted by Gasteiger charge is -2.35. The number of pyridine rings is 1. The standard InChI is InChI=1S/C21H20N8O5/c1-14-23-19(25-18-4-2-3-5-22-18)13-20(24-14)26-6-8-27(9-7-26)21(30)15-10-16(28(31)32)12-17(11-15)29(33)34/h2-5,10-13H,6-9H2,1H3,(H,22,23,24,25). The van der Waals surface area contributed by atoms with Crippen LogP contribution in [-0.4, -0.2) is 61.8 Å². The summed E-state index contributed by atoms with van der Waals surface area (Å²) in [5.41, 5.74) is -1.09.